The first-order valence-electron chi connectivity index (χ1n) is 1.87. The lowest BCUT2D eigenvalue weighted by Gasteiger charge is -2.00. The molecule has 0 rings (SSSR count). The van der Waals surface area contributed by atoms with Crippen molar-refractivity contribution in [3.63, 3.8) is 0 Å². The molecule has 0 heterocycles. The van der Waals surface area contributed by atoms with Gasteiger partial charge in [-0.25, -0.2) is 0 Å². The van der Waals surface area contributed by atoms with Crippen LogP contribution in [0.2, 0.25) is 0 Å². The quantitative estimate of drug-likeness (QED) is 0.388. The first kappa shape index (κ1) is 6.35. The largest absolute Gasteiger partial charge is 0.379 e. The molecule has 0 aliphatic heterocycles. The number of nitrogens with one attached hydrogen (secondary N) is 1. The van der Waals surface area contributed by atoms with Crippen molar-refractivity contribution in [1.29, 1.82) is 0 Å². The van der Waals surface area contributed by atoms with Gasteiger partial charge >= 0.3 is 0 Å². The zero-order valence-corrected chi connectivity index (χ0v) is 5.02. The summed E-state index contributed by atoms with van der Waals surface area (Å²) < 4.78 is 0. The van der Waals surface area contributed by atoms with Crippen molar-refractivity contribution >= 4 is 8.73 Å². The zero-order chi connectivity index (χ0) is 4.99. The van der Waals surface area contributed by atoms with Gasteiger partial charge in [0.05, 0.1) is 0 Å². The zero-order valence-electron chi connectivity index (χ0n) is 4.02. The highest BCUT2D eigenvalue weighted by atomic mass is 31.1. The Morgan fingerprint density at radius 2 is 2.33 bits per heavy atom. The molecule has 2 atom stereocenters. The van der Waals surface area contributed by atoms with Gasteiger partial charge in [0.2, 0.25) is 0 Å². The first-order valence-corrected chi connectivity index (χ1v) is 3.37. The van der Waals surface area contributed by atoms with E-state index < -0.39 is 0 Å². The van der Waals surface area contributed by atoms with Crippen LogP contribution in [-0.4, -0.2) is 18.0 Å². The Morgan fingerprint density at radius 1 is 1.83 bits per heavy atom. The molecule has 0 fully saturated rings. The van der Waals surface area contributed by atoms with Gasteiger partial charge in [0.25, 0.3) is 0 Å². The fraction of sp³-hybridized carbons (Fsp3) is 1.00. The Hall–Kier alpha value is 0.350. The van der Waals surface area contributed by atoms with Crippen molar-refractivity contribution in [3.8, 4) is 0 Å². The maximum absolute atomic E-state index is 8.45. The molecule has 2 nitrogen and oxygen atoms in total. The predicted octanol–water partition coefficient (Wildman–Crippen LogP) is 0.138. The summed E-state index contributed by atoms with van der Waals surface area (Å²) in [6, 6.07) is 0. The number of aliphatic hydroxyl groups excluding tert-OH is 1. The molecule has 0 saturated carbocycles. The van der Waals surface area contributed by atoms with Crippen molar-refractivity contribution in [1.82, 2.24) is 5.09 Å². The summed E-state index contributed by atoms with van der Waals surface area (Å²) in [5, 5.41) is 11.2. The summed E-state index contributed by atoms with van der Waals surface area (Å²) >= 11 is 0. The van der Waals surface area contributed by atoms with Crippen LogP contribution in [0.5, 0.6) is 0 Å². The minimum Gasteiger partial charge on any atom is -0.379 e. The van der Waals surface area contributed by atoms with Crippen LogP contribution in [0.4, 0.5) is 0 Å². The number of rotatable bonds is 2. The lowest BCUT2D eigenvalue weighted by Crippen LogP contribution is -2.15. The highest BCUT2D eigenvalue weighted by Gasteiger charge is 1.83. The molecule has 1 unspecified atom stereocenters. The Morgan fingerprint density at radius 3 is 2.33 bits per heavy atom. The highest BCUT2D eigenvalue weighted by molar-refractivity contribution is 7.34. The molecule has 0 aromatic rings. The molecule has 0 aromatic carbocycles. The van der Waals surface area contributed by atoms with Gasteiger partial charge in [-0.05, 0) is 13.6 Å². The van der Waals surface area contributed by atoms with Gasteiger partial charge in [-0.2, -0.15) is 0 Å². The molecule has 3 heteroatoms. The van der Waals surface area contributed by atoms with Crippen LogP contribution in [0.3, 0.4) is 0 Å². The molecule has 2 N–H and O–H groups in total. The maximum Gasteiger partial charge on any atom is 0.105 e. The number of hydrogen-bond acceptors (Lipinski definition) is 2. The van der Waals surface area contributed by atoms with Crippen LogP contribution < -0.4 is 5.09 Å². The summed E-state index contributed by atoms with van der Waals surface area (Å²) in [7, 11) is 0.638. The van der Waals surface area contributed by atoms with Gasteiger partial charge in [0.15, 0.2) is 0 Å². The molecule has 0 bridgehead atoms. The van der Waals surface area contributed by atoms with E-state index in [-0.39, 0.29) is 6.23 Å². The van der Waals surface area contributed by atoms with Gasteiger partial charge in [0.1, 0.15) is 6.23 Å². The van der Waals surface area contributed by atoms with Crippen molar-refractivity contribution in [2.75, 3.05) is 6.66 Å². The molecular formula is C3H10NOP. The van der Waals surface area contributed by atoms with Gasteiger partial charge in [-0.15, -0.1) is 0 Å². The van der Waals surface area contributed by atoms with Crippen LogP contribution in [0, 0.1) is 0 Å². The Labute approximate surface area is 39.8 Å². The van der Waals surface area contributed by atoms with Crippen LogP contribution in [0.1, 0.15) is 6.92 Å². The monoisotopic (exact) mass is 107 g/mol. The van der Waals surface area contributed by atoms with E-state index in [1.807, 2.05) is 6.66 Å². The summed E-state index contributed by atoms with van der Waals surface area (Å²) in [5.41, 5.74) is 0. The molecule has 0 aliphatic carbocycles. The lowest BCUT2D eigenvalue weighted by molar-refractivity contribution is 0.187. The average molecular weight is 107 g/mol. The molecule has 0 saturated heterocycles. The van der Waals surface area contributed by atoms with E-state index in [1.165, 1.54) is 0 Å². The Kier molecular flexibility index (Phi) is 3.74. The standard InChI is InChI=1S/C3H10NOP/c1-3(5)4-6-2/h3-6H,1-2H3/t3-/m1/s1. The van der Waals surface area contributed by atoms with Gasteiger partial charge < -0.3 is 5.11 Å². The topological polar surface area (TPSA) is 32.3 Å². The third kappa shape index (κ3) is 4.35. The van der Waals surface area contributed by atoms with E-state index >= 15 is 0 Å². The SMILES string of the molecule is CPN[C@@H](C)O. The normalized spacial score (nSPS) is 16.5. The average Bonchev–Trinajstić information content (AvgIpc) is 1.35. The fourth-order valence-corrected chi connectivity index (χ4v) is 0.627. The third-order valence-electron chi connectivity index (χ3n) is 0.353. The van der Waals surface area contributed by atoms with E-state index in [9.17, 15) is 0 Å². The summed E-state index contributed by atoms with van der Waals surface area (Å²) in [4.78, 5) is 0. The van der Waals surface area contributed by atoms with Gasteiger partial charge in [0, 0.05) is 0 Å². The summed E-state index contributed by atoms with van der Waals surface area (Å²) in [6.45, 7) is 3.68. The van der Waals surface area contributed by atoms with E-state index in [2.05, 4.69) is 5.09 Å². The molecular weight excluding hydrogens is 97.0 g/mol. The Bertz CT molecular complexity index is 32.0. The van der Waals surface area contributed by atoms with Crippen molar-refractivity contribution in [3.05, 3.63) is 0 Å². The molecule has 0 radical (unpaired) electrons. The van der Waals surface area contributed by atoms with Crippen LogP contribution in [0.25, 0.3) is 0 Å². The van der Waals surface area contributed by atoms with E-state index in [0.29, 0.717) is 8.73 Å². The first-order chi connectivity index (χ1) is 2.77. The van der Waals surface area contributed by atoms with Crippen LogP contribution in [0.15, 0.2) is 0 Å². The van der Waals surface area contributed by atoms with Crippen LogP contribution >= 0.6 is 8.73 Å². The second-order valence-electron chi connectivity index (χ2n) is 1.07. The minimum atomic E-state index is -0.340. The number of aliphatic hydroxyl groups is 1. The van der Waals surface area contributed by atoms with Crippen molar-refractivity contribution < 1.29 is 5.11 Å². The second kappa shape index (κ2) is 3.54. The van der Waals surface area contributed by atoms with E-state index in [4.69, 9.17) is 5.11 Å². The van der Waals surface area contributed by atoms with Crippen molar-refractivity contribution in [2.24, 2.45) is 0 Å². The van der Waals surface area contributed by atoms with E-state index in [1.54, 1.807) is 6.92 Å². The lowest BCUT2D eigenvalue weighted by atomic mass is 10.7. The highest BCUT2D eigenvalue weighted by Crippen LogP contribution is 1.92. The maximum atomic E-state index is 8.45. The van der Waals surface area contributed by atoms with Gasteiger partial charge in [-0.3, -0.25) is 5.09 Å². The smallest absolute Gasteiger partial charge is 0.105 e. The molecule has 0 amide bonds. The van der Waals surface area contributed by atoms with Crippen molar-refractivity contribution in [2.45, 2.75) is 13.2 Å². The fourth-order valence-electron chi connectivity index (χ4n) is 0.209. The molecule has 38 valence electrons. The van der Waals surface area contributed by atoms with Crippen LogP contribution in [-0.2, 0) is 0 Å². The molecule has 0 spiro atoms. The minimum absolute atomic E-state index is 0.340. The summed E-state index contributed by atoms with van der Waals surface area (Å²) in [5.74, 6) is 0. The Balaban J connectivity index is 2.63. The molecule has 0 aliphatic rings. The predicted molar refractivity (Wildman–Crippen MR) is 29.1 cm³/mol. The molecule has 0 aromatic heterocycles. The van der Waals surface area contributed by atoms with Gasteiger partial charge in [-0.1, -0.05) is 8.73 Å². The van der Waals surface area contributed by atoms with E-state index in [0.717, 1.165) is 0 Å². The third-order valence-corrected chi connectivity index (χ3v) is 1.06. The molecule has 6 heavy (non-hydrogen) atoms. The number of hydrogen-bond donors (Lipinski definition) is 2. The second-order valence-corrected chi connectivity index (χ2v) is 1.86. The summed E-state index contributed by atoms with van der Waals surface area (Å²) in [6.07, 6.45) is -0.340.